The molecule has 1 saturated heterocycles. The summed E-state index contributed by atoms with van der Waals surface area (Å²) < 4.78 is 26.7. The third-order valence-corrected chi connectivity index (χ3v) is 6.80. The Morgan fingerprint density at radius 2 is 1.77 bits per heavy atom. The molecule has 1 aliphatic heterocycles. The van der Waals surface area contributed by atoms with Crippen molar-refractivity contribution in [1.29, 1.82) is 0 Å². The maximum Gasteiger partial charge on any atom is 0.210 e. The summed E-state index contributed by atoms with van der Waals surface area (Å²) in [4.78, 5) is 7.28. The predicted molar refractivity (Wildman–Crippen MR) is 104 cm³/mol. The summed E-state index contributed by atoms with van der Waals surface area (Å²) >= 11 is 0. The Labute approximate surface area is 154 Å². The van der Waals surface area contributed by atoms with Gasteiger partial charge in [0.15, 0.2) is 0 Å². The fraction of sp³-hybridized carbons (Fsp3) is 0.286. The van der Waals surface area contributed by atoms with Crippen molar-refractivity contribution in [3.8, 4) is 0 Å². The van der Waals surface area contributed by atoms with Crippen molar-refractivity contribution in [2.45, 2.75) is 29.6 Å². The first-order chi connectivity index (χ1) is 12.6. The lowest BCUT2D eigenvalue weighted by atomic mass is 9.99. The molecule has 0 amide bonds. The average molecular weight is 366 g/mol. The van der Waals surface area contributed by atoms with Gasteiger partial charge in [-0.2, -0.15) is 0 Å². The van der Waals surface area contributed by atoms with Gasteiger partial charge < -0.3 is 4.90 Å². The van der Waals surface area contributed by atoms with Crippen molar-refractivity contribution in [2.75, 3.05) is 18.0 Å². The molecule has 5 heteroatoms. The molecular weight excluding hydrogens is 344 g/mol. The van der Waals surface area contributed by atoms with Gasteiger partial charge in [0.1, 0.15) is 4.90 Å². The van der Waals surface area contributed by atoms with Gasteiger partial charge >= 0.3 is 0 Å². The number of anilines is 1. The van der Waals surface area contributed by atoms with Crippen LogP contribution in [0.3, 0.4) is 0 Å². The van der Waals surface area contributed by atoms with E-state index in [1.807, 2.05) is 30.3 Å². The van der Waals surface area contributed by atoms with E-state index in [4.69, 9.17) is 0 Å². The number of piperidine rings is 1. The second-order valence-corrected chi connectivity index (χ2v) is 8.92. The number of pyridine rings is 1. The highest BCUT2D eigenvalue weighted by molar-refractivity contribution is 7.91. The topological polar surface area (TPSA) is 50.3 Å². The normalized spacial score (nSPS) is 18.2. The van der Waals surface area contributed by atoms with Crippen molar-refractivity contribution < 1.29 is 8.42 Å². The first-order valence-corrected chi connectivity index (χ1v) is 10.5. The van der Waals surface area contributed by atoms with E-state index in [9.17, 15) is 8.42 Å². The monoisotopic (exact) mass is 366 g/mol. The van der Waals surface area contributed by atoms with Crippen LogP contribution in [0.2, 0.25) is 0 Å². The molecule has 1 fully saturated rings. The number of hydrogen-bond acceptors (Lipinski definition) is 4. The standard InChI is InChI=1S/C21H22N2O2S/c1-16-8-7-13-23(15-16)21-18-11-5-6-12-19(18)22-14-20(21)26(24,25)17-9-3-2-4-10-17/h2-6,9-12,14,16H,7-8,13,15H2,1H3/t16-/m0/s1. The van der Waals surface area contributed by atoms with Crippen molar-refractivity contribution >= 4 is 26.4 Å². The minimum absolute atomic E-state index is 0.302. The van der Waals surface area contributed by atoms with Gasteiger partial charge in [-0.15, -0.1) is 0 Å². The first-order valence-electron chi connectivity index (χ1n) is 9.00. The molecule has 0 bridgehead atoms. The van der Waals surface area contributed by atoms with E-state index in [0.29, 0.717) is 15.7 Å². The molecule has 4 rings (SSSR count). The van der Waals surface area contributed by atoms with Crippen LogP contribution in [-0.4, -0.2) is 26.5 Å². The number of benzene rings is 2. The van der Waals surface area contributed by atoms with Crippen LogP contribution < -0.4 is 4.90 Å². The summed E-state index contributed by atoms with van der Waals surface area (Å²) in [6.07, 6.45) is 3.78. The first kappa shape index (κ1) is 17.0. The van der Waals surface area contributed by atoms with Crippen molar-refractivity contribution in [2.24, 2.45) is 5.92 Å². The zero-order chi connectivity index (χ0) is 18.1. The highest BCUT2D eigenvalue weighted by atomic mass is 32.2. The molecule has 1 aromatic heterocycles. The Kier molecular flexibility index (Phi) is 4.41. The fourth-order valence-electron chi connectivity index (χ4n) is 3.75. The van der Waals surface area contributed by atoms with E-state index in [2.05, 4.69) is 16.8 Å². The minimum Gasteiger partial charge on any atom is -0.370 e. The summed E-state index contributed by atoms with van der Waals surface area (Å²) in [6.45, 7) is 3.96. The predicted octanol–water partition coefficient (Wildman–Crippen LogP) is 4.30. The Morgan fingerprint density at radius 1 is 1.04 bits per heavy atom. The Hall–Kier alpha value is -2.40. The Bertz CT molecular complexity index is 1030. The smallest absolute Gasteiger partial charge is 0.210 e. The number of hydrogen-bond donors (Lipinski definition) is 0. The summed E-state index contributed by atoms with van der Waals surface area (Å²) in [6, 6.07) is 16.4. The number of fused-ring (bicyclic) bond motifs is 1. The molecule has 0 aliphatic carbocycles. The van der Waals surface area contributed by atoms with Gasteiger partial charge in [0.05, 0.1) is 16.1 Å². The van der Waals surface area contributed by atoms with Gasteiger partial charge in [-0.1, -0.05) is 43.3 Å². The lowest BCUT2D eigenvalue weighted by Crippen LogP contribution is -2.35. The van der Waals surface area contributed by atoms with Crippen LogP contribution >= 0.6 is 0 Å². The van der Waals surface area contributed by atoms with E-state index in [-0.39, 0.29) is 0 Å². The number of nitrogens with zero attached hydrogens (tertiary/aromatic N) is 2. The van der Waals surface area contributed by atoms with Crippen LogP contribution in [0.15, 0.2) is 70.6 Å². The van der Waals surface area contributed by atoms with Crippen LogP contribution in [0.4, 0.5) is 5.69 Å². The SMILES string of the molecule is C[C@H]1CCCN(c2c(S(=O)(=O)c3ccccc3)cnc3ccccc23)C1. The number of rotatable bonds is 3. The van der Waals surface area contributed by atoms with Crippen molar-refractivity contribution in [3.05, 3.63) is 60.8 Å². The van der Waals surface area contributed by atoms with Crippen LogP contribution in [0, 0.1) is 5.92 Å². The zero-order valence-electron chi connectivity index (χ0n) is 14.8. The molecule has 0 spiro atoms. The zero-order valence-corrected chi connectivity index (χ0v) is 15.6. The Morgan fingerprint density at radius 3 is 2.54 bits per heavy atom. The number of para-hydroxylation sites is 1. The van der Waals surface area contributed by atoms with Crippen LogP contribution in [0.5, 0.6) is 0 Å². The summed E-state index contributed by atoms with van der Waals surface area (Å²) in [7, 11) is -3.63. The molecule has 2 aromatic carbocycles. The van der Waals surface area contributed by atoms with E-state index in [1.54, 1.807) is 24.3 Å². The average Bonchev–Trinajstić information content (AvgIpc) is 2.67. The molecule has 134 valence electrons. The van der Waals surface area contributed by atoms with Gasteiger partial charge in [0.2, 0.25) is 9.84 Å². The maximum atomic E-state index is 13.4. The van der Waals surface area contributed by atoms with E-state index in [0.717, 1.165) is 36.1 Å². The fourth-order valence-corrected chi connectivity index (χ4v) is 5.20. The van der Waals surface area contributed by atoms with Crippen LogP contribution in [0.25, 0.3) is 10.9 Å². The van der Waals surface area contributed by atoms with E-state index < -0.39 is 9.84 Å². The second kappa shape index (κ2) is 6.72. The lowest BCUT2D eigenvalue weighted by Gasteiger charge is -2.34. The molecule has 0 N–H and O–H groups in total. The van der Waals surface area contributed by atoms with E-state index >= 15 is 0 Å². The molecule has 0 unspecified atom stereocenters. The Balaban J connectivity index is 1.96. The molecular formula is C21H22N2O2S. The quantitative estimate of drug-likeness (QED) is 0.693. The molecule has 3 aromatic rings. The highest BCUT2D eigenvalue weighted by Gasteiger charge is 2.28. The van der Waals surface area contributed by atoms with Crippen LogP contribution in [0.1, 0.15) is 19.8 Å². The van der Waals surface area contributed by atoms with Gasteiger partial charge in [0, 0.05) is 24.7 Å². The highest BCUT2D eigenvalue weighted by Crippen LogP contribution is 2.37. The maximum absolute atomic E-state index is 13.4. The van der Waals surface area contributed by atoms with Gasteiger partial charge in [-0.25, -0.2) is 8.42 Å². The van der Waals surface area contributed by atoms with Crippen molar-refractivity contribution in [1.82, 2.24) is 4.98 Å². The molecule has 0 saturated carbocycles. The third-order valence-electron chi connectivity index (χ3n) is 5.03. The molecule has 26 heavy (non-hydrogen) atoms. The summed E-state index contributed by atoms with van der Waals surface area (Å²) in [5.41, 5.74) is 1.62. The van der Waals surface area contributed by atoms with Gasteiger partial charge in [0.25, 0.3) is 0 Å². The third kappa shape index (κ3) is 2.97. The molecule has 0 radical (unpaired) electrons. The second-order valence-electron chi connectivity index (χ2n) is 7.00. The van der Waals surface area contributed by atoms with Crippen LogP contribution in [-0.2, 0) is 9.84 Å². The minimum atomic E-state index is -3.63. The lowest BCUT2D eigenvalue weighted by molar-refractivity contribution is 0.446. The molecule has 1 aliphatic rings. The van der Waals surface area contributed by atoms with Gasteiger partial charge in [-0.3, -0.25) is 4.98 Å². The molecule has 2 heterocycles. The largest absolute Gasteiger partial charge is 0.370 e. The summed E-state index contributed by atoms with van der Waals surface area (Å²) in [5, 5.41) is 0.901. The van der Waals surface area contributed by atoms with E-state index in [1.165, 1.54) is 12.6 Å². The number of aromatic nitrogens is 1. The molecule has 4 nitrogen and oxygen atoms in total. The molecule has 1 atom stereocenters. The van der Waals surface area contributed by atoms with Crippen molar-refractivity contribution in [3.63, 3.8) is 0 Å². The van der Waals surface area contributed by atoms with Gasteiger partial charge in [-0.05, 0) is 37.0 Å². The summed E-state index contributed by atoms with van der Waals surface area (Å²) in [5.74, 6) is 0.544. The number of sulfone groups is 1.